The number of ether oxygens (including phenoxy) is 1. The summed E-state index contributed by atoms with van der Waals surface area (Å²) in [4.78, 5) is 0. The first-order valence-electron chi connectivity index (χ1n) is 5.71. The summed E-state index contributed by atoms with van der Waals surface area (Å²) in [7, 11) is 0. The number of hydrogen-bond acceptors (Lipinski definition) is 1. The Morgan fingerprint density at radius 1 is 0.708 bits per heavy atom. The van der Waals surface area contributed by atoms with Crippen LogP contribution in [0.25, 0.3) is 0 Å². The van der Waals surface area contributed by atoms with Crippen LogP contribution < -0.4 is 4.74 Å². The highest BCUT2D eigenvalue weighted by Gasteiger charge is 2.41. The summed E-state index contributed by atoms with van der Waals surface area (Å²) in [6.07, 6.45) is -4.48. The van der Waals surface area contributed by atoms with Gasteiger partial charge < -0.3 is 4.74 Å². The van der Waals surface area contributed by atoms with Crippen molar-refractivity contribution in [2.24, 2.45) is 0 Å². The van der Waals surface area contributed by atoms with Gasteiger partial charge in [-0.3, -0.25) is 0 Å². The van der Waals surface area contributed by atoms with Crippen LogP contribution in [-0.2, 0) is 6.11 Å². The molecule has 0 aliphatic carbocycles. The van der Waals surface area contributed by atoms with Crippen LogP contribution in [0.5, 0.6) is 5.75 Å². The van der Waals surface area contributed by atoms with Crippen molar-refractivity contribution in [2.45, 2.75) is 6.11 Å². The van der Waals surface area contributed by atoms with Gasteiger partial charge in [-0.05, 0) is 12.1 Å². The van der Waals surface area contributed by atoms with E-state index >= 15 is 0 Å². The second-order valence-corrected chi connectivity index (χ2v) is 6.13. The molecular weight excluding hydrogens is 444 g/mol. The van der Waals surface area contributed by atoms with E-state index in [1.165, 1.54) is 0 Å². The second kappa shape index (κ2) is 6.92. The zero-order valence-corrected chi connectivity index (χ0v) is 14.6. The minimum atomic E-state index is -4.48. The Balaban J connectivity index is 2.57. The molecule has 0 spiro atoms. The van der Waals surface area contributed by atoms with Gasteiger partial charge in [-0.25, -0.2) is 13.2 Å². The third kappa shape index (κ3) is 3.35. The number of hydrogen-bond donors (Lipinski definition) is 0. The first kappa shape index (κ1) is 19.7. The number of benzene rings is 2. The summed E-state index contributed by atoms with van der Waals surface area (Å²) in [5.41, 5.74) is -1.59. The Labute approximate surface area is 156 Å². The average molecular weight is 446 g/mol. The first-order valence-corrected chi connectivity index (χ1v) is 7.60. The van der Waals surface area contributed by atoms with Gasteiger partial charge in [0, 0.05) is 0 Å². The number of alkyl halides is 2. The van der Waals surface area contributed by atoms with Crippen molar-refractivity contribution in [3.05, 3.63) is 60.3 Å². The molecule has 0 fully saturated rings. The maximum absolute atomic E-state index is 14.2. The maximum atomic E-state index is 14.2. The first-order chi connectivity index (χ1) is 11.0. The molecule has 130 valence electrons. The Kier molecular flexibility index (Phi) is 5.67. The van der Waals surface area contributed by atoms with Gasteiger partial charge in [0.2, 0.25) is 0 Å². The minimum Gasteiger partial charge on any atom is -0.425 e. The lowest BCUT2D eigenvalue weighted by molar-refractivity contribution is -0.187. The molecule has 0 aromatic heterocycles. The smallest absolute Gasteiger partial charge is 0.425 e. The molecule has 2 aromatic rings. The molecule has 0 unspecified atom stereocenters. The Hall–Kier alpha value is -0.660. The van der Waals surface area contributed by atoms with Crippen LogP contribution in [0.3, 0.4) is 0 Å². The summed E-state index contributed by atoms with van der Waals surface area (Å²) in [6, 6.07) is 0.602. The van der Waals surface area contributed by atoms with Crippen molar-refractivity contribution >= 4 is 58.0 Å². The zero-order chi connectivity index (χ0) is 18.4. The molecule has 0 heterocycles. The predicted octanol–water partition coefficient (Wildman–Crippen LogP) is 7.50. The van der Waals surface area contributed by atoms with Gasteiger partial charge >= 0.3 is 6.11 Å². The van der Waals surface area contributed by atoms with E-state index in [1.54, 1.807) is 0 Å². The highest BCUT2D eigenvalue weighted by molar-refractivity contribution is 6.55. The molecule has 0 bridgehead atoms. The summed E-state index contributed by atoms with van der Waals surface area (Å²) in [6.45, 7) is 0. The molecule has 24 heavy (non-hydrogen) atoms. The normalized spacial score (nSPS) is 11.8. The van der Waals surface area contributed by atoms with Crippen molar-refractivity contribution in [2.75, 3.05) is 0 Å². The van der Waals surface area contributed by atoms with Crippen LogP contribution in [0.15, 0.2) is 12.1 Å². The molecule has 0 amide bonds. The fourth-order valence-corrected chi connectivity index (χ4v) is 2.81. The van der Waals surface area contributed by atoms with Crippen molar-refractivity contribution in [1.29, 1.82) is 0 Å². The van der Waals surface area contributed by atoms with Crippen LogP contribution in [-0.4, -0.2) is 0 Å². The van der Waals surface area contributed by atoms with Crippen LogP contribution in [0, 0.1) is 17.5 Å². The Bertz CT molecular complexity index is 798. The van der Waals surface area contributed by atoms with Crippen LogP contribution in [0.2, 0.25) is 25.1 Å². The Morgan fingerprint density at radius 3 is 1.67 bits per heavy atom. The highest BCUT2D eigenvalue weighted by Crippen LogP contribution is 2.50. The second-order valence-electron chi connectivity index (χ2n) is 4.24. The molecule has 0 radical (unpaired) electrons. The summed E-state index contributed by atoms with van der Waals surface area (Å²) in [5.74, 6) is -6.80. The molecule has 2 aromatic carbocycles. The third-order valence-corrected chi connectivity index (χ3v) is 4.99. The summed E-state index contributed by atoms with van der Waals surface area (Å²) in [5, 5.41) is -2.45. The Morgan fingerprint density at radius 2 is 1.17 bits per heavy atom. The molecule has 0 saturated heterocycles. The summed E-state index contributed by atoms with van der Waals surface area (Å²) < 4.78 is 72.2. The van der Waals surface area contributed by atoms with E-state index in [0.717, 1.165) is 0 Å². The molecule has 0 N–H and O–H groups in total. The van der Waals surface area contributed by atoms with Crippen LogP contribution in [0.4, 0.5) is 22.0 Å². The van der Waals surface area contributed by atoms with E-state index < -0.39 is 55.0 Å². The topological polar surface area (TPSA) is 9.23 Å². The van der Waals surface area contributed by atoms with E-state index in [0.29, 0.717) is 12.1 Å². The summed E-state index contributed by atoms with van der Waals surface area (Å²) >= 11 is 28.5. The maximum Gasteiger partial charge on any atom is 0.429 e. The SMILES string of the molecule is Fc1ccc(C(F)(F)Oc2c(Cl)c(Cl)c(Cl)c(Cl)c2Cl)c(F)c1F. The molecule has 11 heteroatoms. The van der Waals surface area contributed by atoms with Gasteiger partial charge in [0.05, 0.1) is 15.1 Å². The van der Waals surface area contributed by atoms with Crippen molar-refractivity contribution in [3.8, 4) is 5.75 Å². The molecule has 0 aliphatic heterocycles. The van der Waals surface area contributed by atoms with Gasteiger partial charge in [0.1, 0.15) is 15.6 Å². The fourth-order valence-electron chi connectivity index (χ4n) is 1.61. The van der Waals surface area contributed by atoms with E-state index in [-0.39, 0.29) is 5.02 Å². The lowest BCUT2D eigenvalue weighted by atomic mass is 10.2. The largest absolute Gasteiger partial charge is 0.429 e. The van der Waals surface area contributed by atoms with Crippen molar-refractivity contribution in [3.63, 3.8) is 0 Å². The molecule has 0 atom stereocenters. The van der Waals surface area contributed by atoms with E-state index in [2.05, 4.69) is 4.74 Å². The molecule has 1 nitrogen and oxygen atoms in total. The fraction of sp³-hybridized carbons (Fsp3) is 0.0769. The van der Waals surface area contributed by atoms with E-state index in [9.17, 15) is 22.0 Å². The van der Waals surface area contributed by atoms with Crippen molar-refractivity contribution in [1.82, 2.24) is 0 Å². The predicted molar refractivity (Wildman–Crippen MR) is 82.3 cm³/mol. The van der Waals surface area contributed by atoms with Gasteiger partial charge in [-0.15, -0.1) is 0 Å². The van der Waals surface area contributed by atoms with Crippen LogP contribution in [0.1, 0.15) is 5.56 Å². The number of rotatable bonds is 3. The zero-order valence-electron chi connectivity index (χ0n) is 10.8. The molecule has 0 aliphatic rings. The monoisotopic (exact) mass is 444 g/mol. The van der Waals surface area contributed by atoms with Gasteiger partial charge in [0.15, 0.2) is 23.2 Å². The lowest BCUT2D eigenvalue weighted by Crippen LogP contribution is -2.24. The third-order valence-electron chi connectivity index (χ3n) is 2.75. The highest BCUT2D eigenvalue weighted by atomic mass is 35.5. The quantitative estimate of drug-likeness (QED) is 0.270. The van der Waals surface area contributed by atoms with E-state index in [1.807, 2.05) is 0 Å². The molecule has 2 rings (SSSR count). The van der Waals surface area contributed by atoms with Gasteiger partial charge in [-0.1, -0.05) is 58.0 Å². The molecule has 0 saturated carbocycles. The van der Waals surface area contributed by atoms with E-state index in [4.69, 9.17) is 58.0 Å². The van der Waals surface area contributed by atoms with Gasteiger partial charge in [0.25, 0.3) is 0 Å². The van der Waals surface area contributed by atoms with Gasteiger partial charge in [-0.2, -0.15) is 8.78 Å². The number of halogens is 10. The lowest BCUT2D eigenvalue weighted by Gasteiger charge is -2.21. The standard InChI is InChI=1S/C13H2Cl5F5O/c14-5-6(15)8(17)12(9(18)7(5)16)24-13(22,23)3-1-2-4(19)11(21)10(3)20/h1-2H. The van der Waals surface area contributed by atoms with Crippen LogP contribution >= 0.6 is 58.0 Å². The average Bonchev–Trinajstić information content (AvgIpc) is 2.52. The minimum absolute atomic E-state index is 0.300. The van der Waals surface area contributed by atoms with Crippen molar-refractivity contribution < 1.29 is 26.7 Å². The molecular formula is C13H2Cl5F5O.